The molecule has 0 aliphatic carbocycles. The molecule has 14 aromatic rings. The van der Waals surface area contributed by atoms with Gasteiger partial charge in [-0.3, -0.25) is 0 Å². The molecular weight excluding hydrogens is 1040 g/mol. The number of hydrogen-bond acceptors (Lipinski definition) is 20. The second-order valence-corrected chi connectivity index (χ2v) is 18.9. The van der Waals surface area contributed by atoms with Gasteiger partial charge in [0.15, 0.2) is 0 Å². The van der Waals surface area contributed by atoms with E-state index in [4.69, 9.17) is 8.83 Å². The summed E-state index contributed by atoms with van der Waals surface area (Å²) in [5, 5.41) is 35.1. The van der Waals surface area contributed by atoms with Crippen molar-refractivity contribution in [3.8, 4) is 44.5 Å². The summed E-state index contributed by atoms with van der Waals surface area (Å²) in [5.41, 5.74) is 12.3. The Morgan fingerprint density at radius 2 is 0.816 bits per heavy atom. The van der Waals surface area contributed by atoms with Crippen molar-refractivity contribution in [1.82, 2.24) is 48.8 Å². The molecule has 2 aliphatic rings. The molecule has 18 nitrogen and oxygen atoms in total. The first kappa shape index (κ1) is 48.5. The SMILES string of the molecule is C1=NC=NC1=C1C=NC=N1.c1ccc2c(-c3coc4ccccc34)coc2c1.c1ccc2c(-c3csc4ccccc34)csc2c1.c1nncn1-n1cnnc1.c1nocc1-c1cnoc1.c1nscc1-c1cnsc1. The maximum absolute atomic E-state index is 5.58. The molecule has 0 atom stereocenters. The smallest absolute Gasteiger partial charge is 0.139 e. The number of para-hydroxylation sites is 2. The highest BCUT2D eigenvalue weighted by atomic mass is 32.1. The highest BCUT2D eigenvalue weighted by Gasteiger charge is 2.14. The van der Waals surface area contributed by atoms with Crippen LogP contribution in [0.5, 0.6) is 0 Å². The van der Waals surface area contributed by atoms with E-state index in [1.165, 1.54) is 90.7 Å². The van der Waals surface area contributed by atoms with Gasteiger partial charge < -0.3 is 17.9 Å². The van der Waals surface area contributed by atoms with Gasteiger partial charge in [-0.15, -0.1) is 43.1 Å². The summed E-state index contributed by atoms with van der Waals surface area (Å²) in [4.78, 5) is 15.5. The Morgan fingerprint density at radius 1 is 0.395 bits per heavy atom. The van der Waals surface area contributed by atoms with E-state index in [1.54, 1.807) is 72.0 Å². The summed E-state index contributed by atoms with van der Waals surface area (Å²) in [7, 11) is 0. The predicted molar refractivity (Wildman–Crippen MR) is 301 cm³/mol. The van der Waals surface area contributed by atoms with Crippen LogP contribution in [0, 0.1) is 0 Å². The highest BCUT2D eigenvalue weighted by molar-refractivity contribution is 7.19. The average Bonchev–Trinajstić information content (AvgIpc) is 4.31. The number of thiophene rings is 2. The number of aliphatic imine (C=N–C) groups is 4. The molecule has 0 radical (unpaired) electrons. The van der Waals surface area contributed by atoms with E-state index in [-0.39, 0.29) is 0 Å². The molecule has 76 heavy (non-hydrogen) atoms. The lowest BCUT2D eigenvalue weighted by Gasteiger charge is -1.98. The number of hydrogen-bond donors (Lipinski definition) is 0. The van der Waals surface area contributed by atoms with Gasteiger partial charge in [0.2, 0.25) is 0 Å². The molecule has 0 saturated carbocycles. The zero-order chi connectivity index (χ0) is 51.1. The Labute approximate surface area is 446 Å². The zero-order valence-electron chi connectivity index (χ0n) is 39.3. The second kappa shape index (κ2) is 23.9. The monoisotopic (exact) mass is 1070 g/mol. The van der Waals surface area contributed by atoms with E-state index in [2.05, 4.69) is 140 Å². The van der Waals surface area contributed by atoms with E-state index in [0.29, 0.717) is 0 Å². The quantitative estimate of drug-likeness (QED) is 0.157. The van der Waals surface area contributed by atoms with Gasteiger partial charge in [-0.05, 0) is 58.1 Å². The van der Waals surface area contributed by atoms with E-state index in [0.717, 1.165) is 55.6 Å². The Hall–Kier alpha value is -9.74. The Morgan fingerprint density at radius 3 is 1.20 bits per heavy atom. The summed E-state index contributed by atoms with van der Waals surface area (Å²) in [6.07, 6.45) is 26.1. The van der Waals surface area contributed by atoms with Gasteiger partial charge >= 0.3 is 0 Å². The van der Waals surface area contributed by atoms with Crippen molar-refractivity contribution in [2.24, 2.45) is 20.0 Å². The number of nitrogens with zero attached hydrogens (tertiary/aromatic N) is 14. The number of allylic oxidation sites excluding steroid dienone is 2. The fourth-order valence-electron chi connectivity index (χ4n) is 7.49. The van der Waals surface area contributed by atoms with Crippen molar-refractivity contribution in [3.05, 3.63) is 205 Å². The van der Waals surface area contributed by atoms with Gasteiger partial charge in [0, 0.05) is 98.6 Å². The lowest BCUT2D eigenvalue weighted by Crippen LogP contribution is -2.02. The molecule has 0 bridgehead atoms. The molecule has 4 aromatic carbocycles. The predicted octanol–water partition coefficient (Wildman–Crippen LogP) is 13.8. The first-order valence-corrected chi connectivity index (χ1v) is 26.2. The molecule has 0 saturated heterocycles. The fourth-order valence-corrected chi connectivity index (χ4v) is 10.5. The van der Waals surface area contributed by atoms with Crippen molar-refractivity contribution in [2.75, 3.05) is 0 Å². The number of aromatic nitrogens is 10. The van der Waals surface area contributed by atoms with Crippen LogP contribution in [-0.4, -0.2) is 73.9 Å². The maximum atomic E-state index is 5.58. The van der Waals surface area contributed by atoms with E-state index in [9.17, 15) is 0 Å². The lowest BCUT2D eigenvalue weighted by atomic mass is 10.0. The van der Waals surface area contributed by atoms with E-state index in [1.807, 2.05) is 82.2 Å². The van der Waals surface area contributed by atoms with Crippen molar-refractivity contribution in [3.63, 3.8) is 0 Å². The molecule has 0 fully saturated rings. The van der Waals surface area contributed by atoms with Crippen molar-refractivity contribution < 1.29 is 17.9 Å². The summed E-state index contributed by atoms with van der Waals surface area (Å²) in [6.45, 7) is 0. The van der Waals surface area contributed by atoms with Crippen LogP contribution >= 0.6 is 45.7 Å². The van der Waals surface area contributed by atoms with Crippen LogP contribution in [0.25, 0.3) is 86.6 Å². The van der Waals surface area contributed by atoms with Crippen LogP contribution in [0.3, 0.4) is 0 Å². The van der Waals surface area contributed by atoms with Crippen molar-refractivity contribution in [1.29, 1.82) is 0 Å². The Kier molecular flexibility index (Phi) is 15.2. The average molecular weight is 1070 g/mol. The fraction of sp³-hybridized carbons (Fsp3) is 0. The van der Waals surface area contributed by atoms with E-state index < -0.39 is 0 Å². The normalized spacial score (nSPS) is 12.9. The third-order valence-corrected chi connectivity index (χ3v) is 14.3. The van der Waals surface area contributed by atoms with Crippen LogP contribution in [0.15, 0.2) is 243 Å². The van der Waals surface area contributed by atoms with Gasteiger partial charge in [0.1, 0.15) is 73.1 Å². The third kappa shape index (κ3) is 11.4. The number of benzene rings is 4. The second-order valence-electron chi connectivity index (χ2n) is 15.7. The molecule has 10 aromatic heterocycles. The minimum absolute atomic E-state index is 0.775. The van der Waals surface area contributed by atoms with E-state index >= 15 is 0 Å². The molecule has 22 heteroatoms. The Balaban J connectivity index is 0.0000000997. The topological polar surface area (TPSA) is 215 Å². The Bertz CT molecular complexity index is 3590. The van der Waals surface area contributed by atoms with Crippen LogP contribution in [0.2, 0.25) is 0 Å². The molecule has 0 amide bonds. The molecule has 2 aliphatic heterocycles. The standard InChI is InChI=1S/C16H10O2.C16H10S2.C6H4N4.C6H4N2O2.C6H4N2S2.C4H4N6/c2*1-3-7-15-11(5-1)13(9-17-15)14-10-18-16-8-4-2-6-12(14)16;1-5(9-3-7-1)6-2-8-4-10-6;2*1-5(3-9-7-1)6-2-8-10-4-6;1-5-6-2-9(1)10-3-7-8-4-10/h2*1-10H;4*1-4H. The summed E-state index contributed by atoms with van der Waals surface area (Å²) in [5.74, 6) is 0. The van der Waals surface area contributed by atoms with Gasteiger partial charge in [0.05, 0.1) is 37.3 Å². The lowest BCUT2D eigenvalue weighted by molar-refractivity contribution is 0.419. The van der Waals surface area contributed by atoms with Crippen molar-refractivity contribution in [2.45, 2.75) is 0 Å². The molecule has 0 spiro atoms. The number of furan rings is 2. The minimum atomic E-state index is 0.775. The van der Waals surface area contributed by atoms with Crippen molar-refractivity contribution >= 4 is 113 Å². The first-order valence-electron chi connectivity index (χ1n) is 22.7. The number of rotatable bonds is 5. The van der Waals surface area contributed by atoms with Crippen LogP contribution in [-0.2, 0) is 0 Å². The van der Waals surface area contributed by atoms with Gasteiger partial charge in [-0.25, -0.2) is 38.1 Å². The van der Waals surface area contributed by atoms with Crippen LogP contribution in [0.4, 0.5) is 0 Å². The molecule has 12 heterocycles. The minimum Gasteiger partial charge on any atom is -0.464 e. The summed E-state index contributed by atoms with van der Waals surface area (Å²) >= 11 is 6.58. The molecule has 16 rings (SSSR count). The highest BCUT2D eigenvalue weighted by Crippen LogP contribution is 2.40. The van der Waals surface area contributed by atoms with Crippen LogP contribution < -0.4 is 0 Å². The third-order valence-electron chi connectivity index (χ3n) is 11.2. The molecule has 370 valence electrons. The molecular formula is C54H36N14O4S4. The van der Waals surface area contributed by atoms with Crippen LogP contribution in [0.1, 0.15) is 0 Å². The van der Waals surface area contributed by atoms with Gasteiger partial charge in [-0.2, -0.15) is 0 Å². The zero-order valence-corrected chi connectivity index (χ0v) is 42.6. The summed E-state index contributed by atoms with van der Waals surface area (Å²) < 4.78 is 34.4. The van der Waals surface area contributed by atoms with Gasteiger partial charge in [0.25, 0.3) is 0 Å². The van der Waals surface area contributed by atoms with Gasteiger partial charge in [-0.1, -0.05) is 83.1 Å². The summed E-state index contributed by atoms with van der Waals surface area (Å²) in [6, 6.07) is 33.3. The maximum Gasteiger partial charge on any atom is 0.139 e. The molecule has 0 unspecified atom stereocenters. The largest absolute Gasteiger partial charge is 0.464 e. The molecule has 0 N–H and O–H groups in total. The number of fused-ring (bicyclic) bond motifs is 4. The first-order chi connectivity index (χ1) is 37.7.